The number of hydrogen-bond acceptors (Lipinski definition) is 4. The molecule has 0 bridgehead atoms. The van der Waals surface area contributed by atoms with Crippen molar-refractivity contribution < 1.29 is 9.53 Å². The van der Waals surface area contributed by atoms with Crippen LogP contribution in [0.4, 0.5) is 4.79 Å². The topological polar surface area (TPSA) is 50.7 Å². The fourth-order valence-corrected chi connectivity index (χ4v) is 2.47. The predicted molar refractivity (Wildman–Crippen MR) is 84.8 cm³/mol. The fourth-order valence-electron chi connectivity index (χ4n) is 1.63. The van der Waals surface area contributed by atoms with E-state index in [1.165, 1.54) is 12.0 Å². The van der Waals surface area contributed by atoms with E-state index in [9.17, 15) is 4.79 Å². The van der Waals surface area contributed by atoms with Gasteiger partial charge in [-0.25, -0.2) is 10.2 Å². The molecule has 108 valence electrons. The first kappa shape index (κ1) is 15.1. The number of methoxy groups -OCH3 is 1. The van der Waals surface area contributed by atoms with Gasteiger partial charge in [0.1, 0.15) is 0 Å². The summed E-state index contributed by atoms with van der Waals surface area (Å²) in [4.78, 5) is 13.3. The maximum atomic E-state index is 11.0. The van der Waals surface area contributed by atoms with Gasteiger partial charge < -0.3 is 4.74 Å². The summed E-state index contributed by atoms with van der Waals surface area (Å²) in [5, 5.41) is 3.96. The molecule has 0 spiro atoms. The zero-order valence-corrected chi connectivity index (χ0v) is 12.7. The molecule has 0 saturated carbocycles. The van der Waals surface area contributed by atoms with Gasteiger partial charge in [0.15, 0.2) is 0 Å². The number of ether oxygens (including phenoxy) is 1. The van der Waals surface area contributed by atoms with Gasteiger partial charge in [0.2, 0.25) is 0 Å². The summed E-state index contributed by atoms with van der Waals surface area (Å²) >= 11 is 1.70. The smallest absolute Gasteiger partial charge is 0.427 e. The lowest BCUT2D eigenvalue weighted by molar-refractivity contribution is 0.171. The molecule has 0 aliphatic heterocycles. The molecule has 0 aliphatic carbocycles. The van der Waals surface area contributed by atoms with Crippen molar-refractivity contribution in [3.05, 3.63) is 60.2 Å². The molecule has 0 unspecified atom stereocenters. The number of nitrogens with zero attached hydrogens (tertiary/aromatic N) is 1. The van der Waals surface area contributed by atoms with Crippen molar-refractivity contribution in [2.45, 2.75) is 16.7 Å². The third-order valence-electron chi connectivity index (χ3n) is 2.75. The molecule has 1 amide bonds. The van der Waals surface area contributed by atoms with Crippen molar-refractivity contribution in [1.82, 2.24) is 5.43 Å². The predicted octanol–water partition coefficient (Wildman–Crippen LogP) is 3.92. The van der Waals surface area contributed by atoms with Gasteiger partial charge in [0.05, 0.1) is 12.8 Å². The van der Waals surface area contributed by atoms with Crippen LogP contribution < -0.4 is 5.43 Å². The van der Waals surface area contributed by atoms with Gasteiger partial charge in [-0.15, -0.1) is 0 Å². The van der Waals surface area contributed by atoms with E-state index >= 15 is 0 Å². The van der Waals surface area contributed by atoms with Crippen molar-refractivity contribution in [1.29, 1.82) is 0 Å². The average Bonchev–Trinajstić information content (AvgIpc) is 2.54. The summed E-state index contributed by atoms with van der Waals surface area (Å²) in [5.41, 5.74) is 3.97. The molecule has 21 heavy (non-hydrogen) atoms. The van der Waals surface area contributed by atoms with Crippen LogP contribution in [0.2, 0.25) is 0 Å². The molecule has 1 N–H and O–H groups in total. The SMILES string of the molecule is COC(=O)N/N=C(\C)c1ccc(Sc2ccccc2)cc1. The van der Waals surface area contributed by atoms with Crippen LogP contribution in [0.1, 0.15) is 12.5 Å². The summed E-state index contributed by atoms with van der Waals surface area (Å²) in [7, 11) is 1.30. The summed E-state index contributed by atoms with van der Waals surface area (Å²) < 4.78 is 4.46. The molecular formula is C16H16N2O2S. The number of benzene rings is 2. The van der Waals surface area contributed by atoms with Crippen LogP contribution in [0, 0.1) is 0 Å². The second kappa shape index (κ2) is 7.50. The molecule has 0 atom stereocenters. The molecule has 0 fully saturated rings. The lowest BCUT2D eigenvalue weighted by Crippen LogP contribution is -2.18. The fraction of sp³-hybridized carbons (Fsp3) is 0.125. The van der Waals surface area contributed by atoms with Gasteiger partial charge in [0.25, 0.3) is 0 Å². The number of nitrogens with one attached hydrogen (secondary N) is 1. The molecule has 2 aromatic carbocycles. The maximum Gasteiger partial charge on any atom is 0.427 e. The van der Waals surface area contributed by atoms with E-state index in [0.29, 0.717) is 0 Å². The Labute approximate surface area is 128 Å². The Bertz CT molecular complexity index is 624. The van der Waals surface area contributed by atoms with E-state index < -0.39 is 6.09 Å². The molecule has 4 nitrogen and oxygen atoms in total. The Balaban J connectivity index is 2.03. The molecule has 0 saturated heterocycles. The van der Waals surface area contributed by atoms with Crippen LogP contribution >= 0.6 is 11.8 Å². The monoisotopic (exact) mass is 300 g/mol. The van der Waals surface area contributed by atoms with Gasteiger partial charge in [0, 0.05) is 9.79 Å². The molecule has 0 aliphatic rings. The minimum absolute atomic E-state index is 0.578. The maximum absolute atomic E-state index is 11.0. The van der Waals surface area contributed by atoms with Crippen molar-refractivity contribution in [3.63, 3.8) is 0 Å². The van der Waals surface area contributed by atoms with Gasteiger partial charge in [-0.1, -0.05) is 42.1 Å². The zero-order chi connectivity index (χ0) is 15.1. The van der Waals surface area contributed by atoms with E-state index in [1.54, 1.807) is 11.8 Å². The molecule has 2 rings (SSSR count). The normalized spacial score (nSPS) is 11.0. The van der Waals surface area contributed by atoms with Crippen LogP contribution in [0.3, 0.4) is 0 Å². The third kappa shape index (κ3) is 4.65. The van der Waals surface area contributed by atoms with Crippen molar-refractivity contribution >= 4 is 23.6 Å². The molecule has 5 heteroatoms. The summed E-state index contributed by atoms with van der Waals surface area (Å²) in [6.07, 6.45) is -0.578. The summed E-state index contributed by atoms with van der Waals surface area (Å²) in [6.45, 7) is 1.83. The molecule has 0 radical (unpaired) electrons. The number of carbonyl (C=O) groups excluding carboxylic acids is 1. The van der Waals surface area contributed by atoms with Crippen molar-refractivity contribution in [3.8, 4) is 0 Å². The third-order valence-corrected chi connectivity index (χ3v) is 3.77. The van der Waals surface area contributed by atoms with E-state index in [4.69, 9.17) is 0 Å². The molecule has 2 aromatic rings. The second-order valence-corrected chi connectivity index (χ2v) is 5.39. The second-order valence-electron chi connectivity index (χ2n) is 4.24. The van der Waals surface area contributed by atoms with Crippen LogP contribution in [0.15, 0.2) is 69.5 Å². The van der Waals surface area contributed by atoms with Gasteiger partial charge in [-0.2, -0.15) is 5.10 Å². The Morgan fingerprint density at radius 3 is 2.29 bits per heavy atom. The Kier molecular flexibility index (Phi) is 5.40. The number of hydrogen-bond donors (Lipinski definition) is 1. The minimum Gasteiger partial charge on any atom is -0.452 e. The Hall–Kier alpha value is -2.27. The van der Waals surface area contributed by atoms with E-state index in [2.05, 4.69) is 27.4 Å². The minimum atomic E-state index is -0.578. The van der Waals surface area contributed by atoms with E-state index in [1.807, 2.05) is 49.4 Å². The number of amides is 1. The Morgan fingerprint density at radius 2 is 1.67 bits per heavy atom. The lowest BCUT2D eigenvalue weighted by Gasteiger charge is -2.04. The summed E-state index contributed by atoms with van der Waals surface area (Å²) in [6, 6.07) is 18.2. The molecule has 0 heterocycles. The highest BCUT2D eigenvalue weighted by Crippen LogP contribution is 2.27. The van der Waals surface area contributed by atoms with Crippen LogP contribution in [0.5, 0.6) is 0 Å². The van der Waals surface area contributed by atoms with Crippen LogP contribution in [-0.2, 0) is 4.74 Å². The summed E-state index contributed by atoms with van der Waals surface area (Å²) in [5.74, 6) is 0. The first-order chi connectivity index (χ1) is 10.2. The van der Waals surface area contributed by atoms with Crippen LogP contribution in [0.25, 0.3) is 0 Å². The van der Waals surface area contributed by atoms with Gasteiger partial charge >= 0.3 is 6.09 Å². The highest BCUT2D eigenvalue weighted by atomic mass is 32.2. The average molecular weight is 300 g/mol. The standard InChI is InChI=1S/C16H16N2O2S/c1-12(17-18-16(19)20-2)13-8-10-15(11-9-13)21-14-6-4-3-5-7-14/h3-11H,1-2H3,(H,18,19)/b17-12+. The van der Waals surface area contributed by atoms with Crippen molar-refractivity contribution in [2.75, 3.05) is 7.11 Å². The van der Waals surface area contributed by atoms with Gasteiger partial charge in [-0.05, 0) is 36.8 Å². The zero-order valence-electron chi connectivity index (χ0n) is 11.9. The largest absolute Gasteiger partial charge is 0.452 e. The van der Waals surface area contributed by atoms with Crippen molar-refractivity contribution in [2.24, 2.45) is 5.10 Å². The first-order valence-corrected chi connectivity index (χ1v) is 7.22. The van der Waals surface area contributed by atoms with Gasteiger partial charge in [-0.3, -0.25) is 0 Å². The first-order valence-electron chi connectivity index (χ1n) is 6.40. The number of hydrazone groups is 1. The lowest BCUT2D eigenvalue weighted by atomic mass is 10.1. The number of carbonyl (C=O) groups is 1. The van der Waals surface area contributed by atoms with E-state index in [0.717, 1.165) is 16.2 Å². The molecular weight excluding hydrogens is 284 g/mol. The highest BCUT2D eigenvalue weighted by Gasteiger charge is 2.01. The van der Waals surface area contributed by atoms with E-state index in [-0.39, 0.29) is 0 Å². The quantitative estimate of drug-likeness (QED) is 0.688. The highest BCUT2D eigenvalue weighted by molar-refractivity contribution is 7.99. The van der Waals surface area contributed by atoms with Crippen LogP contribution in [-0.4, -0.2) is 18.9 Å². The Morgan fingerprint density at radius 1 is 1.05 bits per heavy atom. The molecule has 0 aromatic heterocycles. The number of rotatable bonds is 4.